The van der Waals surface area contributed by atoms with Crippen molar-refractivity contribution in [3.05, 3.63) is 100 Å². The van der Waals surface area contributed by atoms with Crippen LogP contribution in [0.25, 0.3) is 0 Å². The number of anilines is 1. The molecule has 3 aromatic rings. The predicted molar refractivity (Wildman–Crippen MR) is 102 cm³/mol. The summed E-state index contributed by atoms with van der Waals surface area (Å²) in [6.07, 6.45) is 0. The lowest BCUT2D eigenvalue weighted by molar-refractivity contribution is 0.0984. The van der Waals surface area contributed by atoms with Crippen molar-refractivity contribution in [1.29, 1.82) is 0 Å². The monoisotopic (exact) mass is 379 g/mol. The lowest BCUT2D eigenvalue weighted by Gasteiger charge is -2.24. The molecule has 0 saturated carbocycles. The maximum atomic E-state index is 13.2. The molecule has 3 aromatic carbocycles. The molecule has 0 spiro atoms. The zero-order valence-corrected chi connectivity index (χ0v) is 15.0. The lowest BCUT2D eigenvalue weighted by atomic mass is 10.1. The van der Waals surface area contributed by atoms with E-state index in [4.69, 9.17) is 0 Å². The average molecular weight is 380 g/mol. The number of nitrogens with zero attached hydrogens (tertiary/aromatic N) is 1. The predicted octanol–water partition coefficient (Wildman–Crippen LogP) is 5.60. The van der Waals surface area contributed by atoms with Gasteiger partial charge in [-0.15, -0.1) is 0 Å². The highest BCUT2D eigenvalue weighted by atomic mass is 79.9. The Balaban J connectivity index is 1.99. The zero-order valence-electron chi connectivity index (χ0n) is 13.4. The number of hydrogen-bond acceptors (Lipinski definition) is 1. The van der Waals surface area contributed by atoms with Crippen LogP contribution in [0, 0.1) is 6.92 Å². The highest BCUT2D eigenvalue weighted by Crippen LogP contribution is 2.24. The van der Waals surface area contributed by atoms with Gasteiger partial charge in [0.2, 0.25) is 0 Å². The second kappa shape index (κ2) is 7.45. The molecule has 0 aliphatic carbocycles. The average Bonchev–Trinajstić information content (AvgIpc) is 2.61. The van der Waals surface area contributed by atoms with Gasteiger partial charge in [0.05, 0.1) is 12.1 Å². The highest BCUT2D eigenvalue weighted by Gasteiger charge is 2.20. The van der Waals surface area contributed by atoms with Gasteiger partial charge in [0.25, 0.3) is 5.91 Å². The molecule has 0 N–H and O–H groups in total. The summed E-state index contributed by atoms with van der Waals surface area (Å²) in [6.45, 7) is 2.57. The van der Waals surface area contributed by atoms with E-state index in [0.29, 0.717) is 12.1 Å². The van der Waals surface area contributed by atoms with Crippen LogP contribution in [0.5, 0.6) is 0 Å². The smallest absolute Gasteiger partial charge is 0.259 e. The van der Waals surface area contributed by atoms with Crippen LogP contribution in [0.15, 0.2) is 83.3 Å². The van der Waals surface area contributed by atoms with E-state index in [1.54, 1.807) is 0 Å². The maximum absolute atomic E-state index is 13.2. The molecule has 2 nitrogen and oxygen atoms in total. The number of halogens is 1. The number of hydrogen-bond donors (Lipinski definition) is 0. The van der Waals surface area contributed by atoms with Gasteiger partial charge in [0, 0.05) is 10.2 Å². The third-order valence-corrected chi connectivity index (χ3v) is 4.57. The molecule has 0 aromatic heterocycles. The molecule has 0 heterocycles. The third-order valence-electron chi connectivity index (χ3n) is 3.88. The van der Waals surface area contributed by atoms with Gasteiger partial charge in [-0.25, -0.2) is 0 Å². The van der Waals surface area contributed by atoms with Crippen LogP contribution in [0.4, 0.5) is 5.69 Å². The van der Waals surface area contributed by atoms with Gasteiger partial charge in [0.15, 0.2) is 0 Å². The number of carbonyl (C=O) groups is 1. The summed E-state index contributed by atoms with van der Waals surface area (Å²) < 4.78 is 0.806. The van der Waals surface area contributed by atoms with Crippen LogP contribution in [0.2, 0.25) is 0 Å². The van der Waals surface area contributed by atoms with Crippen LogP contribution in [0.1, 0.15) is 21.5 Å². The SMILES string of the molecule is Cc1ccc(N(Cc2ccccc2)C(=O)c2ccccc2Br)cc1. The van der Waals surface area contributed by atoms with E-state index in [-0.39, 0.29) is 5.91 Å². The van der Waals surface area contributed by atoms with Crippen molar-refractivity contribution in [1.82, 2.24) is 0 Å². The van der Waals surface area contributed by atoms with Crippen molar-refractivity contribution in [3.8, 4) is 0 Å². The first-order valence-electron chi connectivity index (χ1n) is 7.82. The minimum absolute atomic E-state index is 0.0184. The van der Waals surface area contributed by atoms with E-state index in [1.165, 1.54) is 5.56 Å². The standard InChI is InChI=1S/C21H18BrNO/c1-16-11-13-18(14-12-16)23(15-17-7-3-2-4-8-17)21(24)19-9-5-6-10-20(19)22/h2-14H,15H2,1H3. The van der Waals surface area contributed by atoms with Gasteiger partial charge in [-0.05, 0) is 52.7 Å². The Morgan fingerprint density at radius 1 is 0.875 bits per heavy atom. The maximum Gasteiger partial charge on any atom is 0.259 e. The molecule has 0 unspecified atom stereocenters. The fourth-order valence-corrected chi connectivity index (χ4v) is 3.01. The first-order chi connectivity index (χ1) is 11.6. The van der Waals surface area contributed by atoms with Gasteiger partial charge in [-0.1, -0.05) is 60.2 Å². The third kappa shape index (κ3) is 3.74. The van der Waals surface area contributed by atoms with Crippen molar-refractivity contribution in [2.75, 3.05) is 4.90 Å². The molecule has 0 radical (unpaired) electrons. The van der Waals surface area contributed by atoms with Gasteiger partial charge in [-0.2, -0.15) is 0 Å². The van der Waals surface area contributed by atoms with Crippen molar-refractivity contribution in [3.63, 3.8) is 0 Å². The Morgan fingerprint density at radius 3 is 2.17 bits per heavy atom. The Bertz CT molecular complexity index is 828. The van der Waals surface area contributed by atoms with Crippen molar-refractivity contribution in [2.24, 2.45) is 0 Å². The van der Waals surface area contributed by atoms with Crippen LogP contribution >= 0.6 is 15.9 Å². The summed E-state index contributed by atoms with van der Waals surface area (Å²) in [4.78, 5) is 15.0. The molecule has 0 atom stereocenters. The minimum atomic E-state index is -0.0184. The Morgan fingerprint density at radius 2 is 1.50 bits per heavy atom. The summed E-state index contributed by atoms with van der Waals surface area (Å²) in [7, 11) is 0. The lowest BCUT2D eigenvalue weighted by Crippen LogP contribution is -2.30. The number of amides is 1. The van der Waals surface area contributed by atoms with E-state index in [2.05, 4.69) is 15.9 Å². The molecular formula is C21H18BrNO. The van der Waals surface area contributed by atoms with Crippen molar-refractivity contribution < 1.29 is 4.79 Å². The summed E-state index contributed by atoms with van der Waals surface area (Å²) >= 11 is 3.49. The van der Waals surface area contributed by atoms with Gasteiger partial charge >= 0.3 is 0 Å². The Kier molecular flexibility index (Phi) is 5.11. The molecule has 3 rings (SSSR count). The molecule has 0 fully saturated rings. The van der Waals surface area contributed by atoms with E-state index < -0.39 is 0 Å². The Labute approximate surface area is 150 Å². The van der Waals surface area contributed by atoms with Gasteiger partial charge < -0.3 is 4.90 Å². The molecule has 24 heavy (non-hydrogen) atoms. The van der Waals surface area contributed by atoms with Crippen LogP contribution in [-0.2, 0) is 6.54 Å². The largest absolute Gasteiger partial charge is 0.304 e. The van der Waals surface area contributed by atoms with Crippen LogP contribution in [-0.4, -0.2) is 5.91 Å². The van der Waals surface area contributed by atoms with Gasteiger partial charge in [-0.3, -0.25) is 4.79 Å². The van der Waals surface area contributed by atoms with E-state index in [9.17, 15) is 4.79 Å². The van der Waals surface area contributed by atoms with E-state index in [0.717, 1.165) is 15.7 Å². The number of carbonyl (C=O) groups excluding carboxylic acids is 1. The summed E-state index contributed by atoms with van der Waals surface area (Å²) in [6, 6.07) is 25.6. The first kappa shape index (κ1) is 16.5. The molecule has 0 saturated heterocycles. The second-order valence-corrected chi connectivity index (χ2v) is 6.55. The molecule has 1 amide bonds. The molecule has 0 aliphatic rings. The van der Waals surface area contributed by atoms with Crippen molar-refractivity contribution >= 4 is 27.5 Å². The fourth-order valence-electron chi connectivity index (χ4n) is 2.55. The van der Waals surface area contributed by atoms with E-state index in [1.807, 2.05) is 90.7 Å². The fraction of sp³-hybridized carbons (Fsp3) is 0.0952. The molecule has 0 bridgehead atoms. The number of benzene rings is 3. The normalized spacial score (nSPS) is 10.4. The summed E-state index contributed by atoms with van der Waals surface area (Å²) in [5.74, 6) is -0.0184. The van der Waals surface area contributed by atoms with Crippen molar-refractivity contribution in [2.45, 2.75) is 13.5 Å². The van der Waals surface area contributed by atoms with E-state index >= 15 is 0 Å². The quantitative estimate of drug-likeness (QED) is 0.577. The Hall–Kier alpha value is -2.39. The zero-order chi connectivity index (χ0) is 16.9. The highest BCUT2D eigenvalue weighted by molar-refractivity contribution is 9.10. The second-order valence-electron chi connectivity index (χ2n) is 5.69. The molecular weight excluding hydrogens is 362 g/mol. The topological polar surface area (TPSA) is 20.3 Å². The summed E-state index contributed by atoms with van der Waals surface area (Å²) in [5, 5.41) is 0. The van der Waals surface area contributed by atoms with Crippen LogP contribution < -0.4 is 4.90 Å². The molecule has 3 heteroatoms. The number of rotatable bonds is 4. The summed E-state index contributed by atoms with van der Waals surface area (Å²) in [5.41, 5.74) is 3.82. The van der Waals surface area contributed by atoms with Crippen LogP contribution in [0.3, 0.4) is 0 Å². The van der Waals surface area contributed by atoms with Gasteiger partial charge in [0.1, 0.15) is 0 Å². The number of aryl methyl sites for hydroxylation is 1. The molecule has 120 valence electrons. The first-order valence-corrected chi connectivity index (χ1v) is 8.61. The minimum Gasteiger partial charge on any atom is -0.304 e. The molecule has 0 aliphatic heterocycles.